The predicted molar refractivity (Wildman–Crippen MR) is 68.1 cm³/mol. The lowest BCUT2D eigenvalue weighted by Gasteiger charge is -2.12. The van der Waals surface area contributed by atoms with Gasteiger partial charge in [-0.3, -0.25) is 0 Å². The van der Waals surface area contributed by atoms with Gasteiger partial charge in [0.25, 0.3) is 0 Å². The van der Waals surface area contributed by atoms with Crippen molar-refractivity contribution in [1.29, 1.82) is 0 Å². The minimum atomic E-state index is -4.57. The van der Waals surface area contributed by atoms with Gasteiger partial charge in [0.15, 0.2) is 0 Å². The fraction of sp³-hybridized carbons (Fsp3) is 0.154. The van der Waals surface area contributed by atoms with E-state index in [1.807, 2.05) is 0 Å². The molecule has 106 valence electrons. The lowest BCUT2D eigenvalue weighted by molar-refractivity contribution is -0.141. The molecule has 3 N–H and O–H groups in total. The predicted octanol–water partition coefficient (Wildman–Crippen LogP) is 3.87. The monoisotopic (exact) mass is 285 g/mol. The quantitative estimate of drug-likeness (QED) is 0.823. The SMILES string of the molecule is Cc1cc(F)cc(Nc2cc(C(F)(F)F)ncc2N)c1. The van der Waals surface area contributed by atoms with Gasteiger partial charge in [-0.2, -0.15) is 13.2 Å². The first-order valence-corrected chi connectivity index (χ1v) is 5.62. The van der Waals surface area contributed by atoms with Crippen molar-refractivity contribution in [2.24, 2.45) is 0 Å². The third-order valence-electron chi connectivity index (χ3n) is 2.55. The summed E-state index contributed by atoms with van der Waals surface area (Å²) in [6.07, 6.45) is -3.65. The number of hydrogen-bond acceptors (Lipinski definition) is 3. The number of nitrogens with two attached hydrogens (primary N) is 1. The molecular formula is C13H11F4N3. The van der Waals surface area contributed by atoms with Gasteiger partial charge in [0.1, 0.15) is 11.5 Å². The number of aromatic nitrogens is 1. The van der Waals surface area contributed by atoms with E-state index in [4.69, 9.17) is 5.73 Å². The number of anilines is 3. The summed E-state index contributed by atoms with van der Waals surface area (Å²) in [7, 11) is 0. The van der Waals surface area contributed by atoms with Crippen molar-refractivity contribution < 1.29 is 17.6 Å². The largest absolute Gasteiger partial charge is 0.433 e. The zero-order valence-electron chi connectivity index (χ0n) is 10.4. The van der Waals surface area contributed by atoms with Crippen LogP contribution in [-0.2, 0) is 6.18 Å². The maximum Gasteiger partial charge on any atom is 0.433 e. The molecule has 2 rings (SSSR count). The van der Waals surface area contributed by atoms with E-state index in [-0.39, 0.29) is 11.4 Å². The topological polar surface area (TPSA) is 50.9 Å². The van der Waals surface area contributed by atoms with E-state index in [1.165, 1.54) is 12.1 Å². The molecular weight excluding hydrogens is 274 g/mol. The van der Waals surface area contributed by atoms with Crippen molar-refractivity contribution in [2.75, 3.05) is 11.1 Å². The number of nitrogen functional groups attached to an aromatic ring is 1. The number of aryl methyl sites for hydroxylation is 1. The molecule has 0 radical (unpaired) electrons. The zero-order valence-corrected chi connectivity index (χ0v) is 10.4. The van der Waals surface area contributed by atoms with Gasteiger partial charge < -0.3 is 11.1 Å². The van der Waals surface area contributed by atoms with Crippen molar-refractivity contribution >= 4 is 17.1 Å². The molecule has 3 nitrogen and oxygen atoms in total. The van der Waals surface area contributed by atoms with E-state index in [2.05, 4.69) is 10.3 Å². The van der Waals surface area contributed by atoms with Crippen LogP contribution >= 0.6 is 0 Å². The van der Waals surface area contributed by atoms with E-state index >= 15 is 0 Å². The first-order valence-electron chi connectivity index (χ1n) is 5.62. The number of hydrogen-bond donors (Lipinski definition) is 2. The van der Waals surface area contributed by atoms with Crippen LogP contribution in [0.25, 0.3) is 0 Å². The number of pyridine rings is 1. The molecule has 1 aromatic carbocycles. The summed E-state index contributed by atoms with van der Waals surface area (Å²) in [5.74, 6) is -0.490. The Labute approximate surface area is 112 Å². The van der Waals surface area contributed by atoms with Gasteiger partial charge in [-0.25, -0.2) is 9.37 Å². The molecule has 0 fully saturated rings. The van der Waals surface area contributed by atoms with Crippen molar-refractivity contribution in [3.8, 4) is 0 Å². The molecule has 0 saturated carbocycles. The summed E-state index contributed by atoms with van der Waals surface area (Å²) < 4.78 is 51.0. The van der Waals surface area contributed by atoms with Gasteiger partial charge in [-0.1, -0.05) is 0 Å². The number of benzene rings is 1. The molecule has 0 bridgehead atoms. The molecule has 0 aliphatic rings. The van der Waals surface area contributed by atoms with Crippen LogP contribution in [0.5, 0.6) is 0 Å². The van der Waals surface area contributed by atoms with E-state index in [9.17, 15) is 17.6 Å². The zero-order chi connectivity index (χ0) is 14.9. The van der Waals surface area contributed by atoms with Crippen LogP contribution in [-0.4, -0.2) is 4.98 Å². The number of nitrogens with one attached hydrogen (secondary N) is 1. The number of alkyl halides is 3. The fourth-order valence-corrected chi connectivity index (χ4v) is 1.69. The van der Waals surface area contributed by atoms with E-state index in [0.717, 1.165) is 12.3 Å². The lowest BCUT2D eigenvalue weighted by atomic mass is 10.2. The highest BCUT2D eigenvalue weighted by atomic mass is 19.4. The summed E-state index contributed by atoms with van der Waals surface area (Å²) in [4.78, 5) is 3.22. The maximum absolute atomic E-state index is 13.2. The van der Waals surface area contributed by atoms with Gasteiger partial charge in [0, 0.05) is 5.69 Å². The summed E-state index contributed by atoms with van der Waals surface area (Å²) in [6, 6.07) is 4.86. The lowest BCUT2D eigenvalue weighted by Crippen LogP contribution is -2.09. The Kier molecular flexibility index (Phi) is 3.52. The highest BCUT2D eigenvalue weighted by molar-refractivity contribution is 5.72. The summed E-state index contributed by atoms with van der Waals surface area (Å²) in [5.41, 5.74) is 5.52. The molecule has 0 aliphatic heterocycles. The maximum atomic E-state index is 13.2. The van der Waals surface area contributed by atoms with Crippen LogP contribution in [0.15, 0.2) is 30.5 Å². The molecule has 0 spiro atoms. The van der Waals surface area contributed by atoms with Gasteiger partial charge in [-0.15, -0.1) is 0 Å². The van der Waals surface area contributed by atoms with Gasteiger partial charge in [0.05, 0.1) is 17.6 Å². The van der Waals surface area contributed by atoms with E-state index < -0.39 is 17.7 Å². The fourth-order valence-electron chi connectivity index (χ4n) is 1.69. The second-order valence-electron chi connectivity index (χ2n) is 4.30. The van der Waals surface area contributed by atoms with Crippen LogP contribution in [0.2, 0.25) is 0 Å². The molecule has 0 unspecified atom stereocenters. The minimum absolute atomic E-state index is 0.0253. The van der Waals surface area contributed by atoms with Crippen molar-refractivity contribution in [3.05, 3.63) is 47.5 Å². The van der Waals surface area contributed by atoms with Crippen molar-refractivity contribution in [2.45, 2.75) is 13.1 Å². The molecule has 1 heterocycles. The highest BCUT2D eigenvalue weighted by Gasteiger charge is 2.32. The third-order valence-corrected chi connectivity index (χ3v) is 2.55. The number of rotatable bonds is 2. The van der Waals surface area contributed by atoms with Crippen LogP contribution in [0.1, 0.15) is 11.3 Å². The summed E-state index contributed by atoms with van der Waals surface area (Å²) >= 11 is 0. The van der Waals surface area contributed by atoms with Gasteiger partial charge in [0.2, 0.25) is 0 Å². The van der Waals surface area contributed by atoms with Crippen molar-refractivity contribution in [3.63, 3.8) is 0 Å². The van der Waals surface area contributed by atoms with E-state index in [0.29, 0.717) is 11.3 Å². The Morgan fingerprint density at radius 3 is 2.45 bits per heavy atom. The molecule has 1 aromatic heterocycles. The average Bonchev–Trinajstić information content (AvgIpc) is 2.29. The Morgan fingerprint density at radius 1 is 1.15 bits per heavy atom. The second-order valence-corrected chi connectivity index (χ2v) is 4.30. The van der Waals surface area contributed by atoms with Crippen molar-refractivity contribution in [1.82, 2.24) is 4.98 Å². The Balaban J connectivity index is 2.37. The van der Waals surface area contributed by atoms with Crippen LogP contribution < -0.4 is 11.1 Å². The van der Waals surface area contributed by atoms with Gasteiger partial charge >= 0.3 is 6.18 Å². The van der Waals surface area contributed by atoms with Crippen LogP contribution in [0, 0.1) is 12.7 Å². The van der Waals surface area contributed by atoms with E-state index in [1.54, 1.807) is 13.0 Å². The molecule has 2 aromatic rings. The molecule has 0 saturated heterocycles. The van der Waals surface area contributed by atoms with Crippen LogP contribution in [0.3, 0.4) is 0 Å². The molecule has 7 heteroatoms. The second kappa shape index (κ2) is 4.99. The smallest absolute Gasteiger partial charge is 0.396 e. The Hall–Kier alpha value is -2.31. The molecule has 0 atom stereocenters. The summed E-state index contributed by atoms with van der Waals surface area (Å²) in [5, 5.41) is 2.66. The normalized spacial score (nSPS) is 11.4. The molecule has 0 amide bonds. The third kappa shape index (κ3) is 3.17. The average molecular weight is 285 g/mol. The Morgan fingerprint density at radius 2 is 1.85 bits per heavy atom. The molecule has 0 aliphatic carbocycles. The standard InChI is InChI=1S/C13H11F4N3/c1-7-2-8(14)4-9(3-7)20-11-5-12(13(15,16)17)19-6-10(11)18/h2-6H,18H2,1H3,(H,19,20). The minimum Gasteiger partial charge on any atom is -0.396 e. The number of nitrogens with zero attached hydrogens (tertiary/aromatic N) is 1. The highest BCUT2D eigenvalue weighted by Crippen LogP contribution is 2.32. The first-order chi connectivity index (χ1) is 9.25. The van der Waals surface area contributed by atoms with Gasteiger partial charge in [-0.05, 0) is 36.8 Å². The Bertz CT molecular complexity index is 618. The van der Waals surface area contributed by atoms with Crippen LogP contribution in [0.4, 0.5) is 34.6 Å². The molecule has 20 heavy (non-hydrogen) atoms. The first kappa shape index (κ1) is 14.1. The number of halogens is 4. The summed E-state index contributed by atoms with van der Waals surface area (Å²) in [6.45, 7) is 1.67.